The van der Waals surface area contributed by atoms with E-state index in [-0.39, 0.29) is 5.82 Å². The highest BCUT2D eigenvalue weighted by Crippen LogP contribution is 2.23. The van der Waals surface area contributed by atoms with E-state index >= 15 is 0 Å². The molecule has 0 atom stereocenters. The minimum atomic E-state index is -0.133. The molecule has 0 aliphatic heterocycles. The average molecular weight is 379 g/mol. The zero-order valence-electron chi connectivity index (χ0n) is 14.3. The molecule has 0 aliphatic carbocycles. The summed E-state index contributed by atoms with van der Waals surface area (Å²) in [5.74, 6) is 2.29. The monoisotopic (exact) mass is 378 g/mol. The lowest BCUT2D eigenvalue weighted by atomic mass is 10.2. The molecule has 0 aromatic heterocycles. The van der Waals surface area contributed by atoms with Crippen molar-refractivity contribution in [1.82, 2.24) is 5.32 Å². The van der Waals surface area contributed by atoms with Crippen LogP contribution < -0.4 is 15.4 Å². The second kappa shape index (κ2) is 10.9. The van der Waals surface area contributed by atoms with Gasteiger partial charge in [-0.25, -0.2) is 4.39 Å². The summed E-state index contributed by atoms with van der Waals surface area (Å²) in [6, 6.07) is 14.6. The van der Waals surface area contributed by atoms with Gasteiger partial charge in [0.25, 0.3) is 0 Å². The van der Waals surface area contributed by atoms with Gasteiger partial charge in [0, 0.05) is 12.3 Å². The molecule has 134 valence electrons. The van der Waals surface area contributed by atoms with E-state index < -0.39 is 0 Å². The Bertz CT molecular complexity index is 682. The Labute approximate surface area is 158 Å². The maximum atomic E-state index is 13.5. The Morgan fingerprint density at radius 3 is 2.72 bits per heavy atom. The van der Waals surface area contributed by atoms with E-state index in [1.807, 2.05) is 43.3 Å². The van der Waals surface area contributed by atoms with E-state index in [0.717, 1.165) is 35.7 Å². The molecule has 2 rings (SSSR count). The first kappa shape index (κ1) is 19.5. The van der Waals surface area contributed by atoms with Crippen molar-refractivity contribution < 1.29 is 9.13 Å². The third-order valence-corrected chi connectivity index (χ3v) is 4.74. The van der Waals surface area contributed by atoms with Gasteiger partial charge >= 0.3 is 0 Å². The number of benzene rings is 2. The number of hydrogen-bond donors (Lipinski definition) is 2. The van der Waals surface area contributed by atoms with Gasteiger partial charge in [-0.15, -0.1) is 0 Å². The molecule has 0 spiro atoms. The van der Waals surface area contributed by atoms with Crippen LogP contribution in [0.15, 0.2) is 48.5 Å². The lowest BCUT2D eigenvalue weighted by Gasteiger charge is -2.14. The van der Waals surface area contributed by atoms with Gasteiger partial charge < -0.3 is 15.4 Å². The summed E-state index contributed by atoms with van der Waals surface area (Å²) in [6.45, 7) is 3.33. The topological polar surface area (TPSA) is 33.3 Å². The largest absolute Gasteiger partial charge is 0.492 e. The van der Waals surface area contributed by atoms with Crippen molar-refractivity contribution in [2.45, 2.75) is 19.1 Å². The summed E-state index contributed by atoms with van der Waals surface area (Å²) in [6.07, 6.45) is 0.952. The summed E-state index contributed by atoms with van der Waals surface area (Å²) in [5, 5.41) is 6.92. The van der Waals surface area contributed by atoms with Crippen molar-refractivity contribution in [3.63, 3.8) is 0 Å². The van der Waals surface area contributed by atoms with Crippen molar-refractivity contribution in [2.24, 2.45) is 0 Å². The third-order valence-electron chi connectivity index (χ3n) is 3.40. The highest BCUT2D eigenvalue weighted by atomic mass is 32.2. The van der Waals surface area contributed by atoms with Crippen molar-refractivity contribution in [1.29, 1.82) is 0 Å². The first-order valence-electron chi connectivity index (χ1n) is 8.28. The number of para-hydroxylation sites is 2. The highest BCUT2D eigenvalue weighted by molar-refractivity contribution is 7.98. The molecule has 6 heteroatoms. The van der Waals surface area contributed by atoms with E-state index in [4.69, 9.17) is 17.0 Å². The lowest BCUT2D eigenvalue weighted by molar-refractivity contribution is 0.342. The van der Waals surface area contributed by atoms with Crippen molar-refractivity contribution in [3.05, 3.63) is 59.9 Å². The molecule has 2 aromatic rings. The number of rotatable bonds is 9. The normalized spacial score (nSPS) is 10.3. The maximum Gasteiger partial charge on any atom is 0.170 e. The Balaban J connectivity index is 1.63. The first-order valence-corrected chi connectivity index (χ1v) is 9.85. The average Bonchev–Trinajstić information content (AvgIpc) is 2.61. The van der Waals surface area contributed by atoms with Gasteiger partial charge in [-0.3, -0.25) is 0 Å². The van der Waals surface area contributed by atoms with Crippen molar-refractivity contribution in [2.75, 3.05) is 24.2 Å². The molecule has 0 aliphatic rings. The fraction of sp³-hybridized carbons (Fsp3) is 0.316. The van der Waals surface area contributed by atoms with E-state index in [9.17, 15) is 4.39 Å². The third kappa shape index (κ3) is 6.92. The van der Waals surface area contributed by atoms with Crippen LogP contribution in [0, 0.1) is 5.82 Å². The van der Waals surface area contributed by atoms with Crippen LogP contribution in [0.1, 0.15) is 18.9 Å². The summed E-state index contributed by atoms with van der Waals surface area (Å²) in [5.41, 5.74) is 1.61. The number of thiocarbonyl (C=S) groups is 1. The molecular weight excluding hydrogens is 355 g/mol. The smallest absolute Gasteiger partial charge is 0.170 e. The zero-order valence-corrected chi connectivity index (χ0v) is 15.9. The van der Waals surface area contributed by atoms with E-state index in [0.29, 0.717) is 17.5 Å². The molecular formula is C19H23FN2OS2. The Kier molecular flexibility index (Phi) is 8.55. The van der Waals surface area contributed by atoms with Crippen LogP contribution in [0.2, 0.25) is 0 Å². The molecule has 25 heavy (non-hydrogen) atoms. The van der Waals surface area contributed by atoms with Gasteiger partial charge in [0.05, 0.1) is 12.3 Å². The number of thioether (sulfide) groups is 1. The van der Waals surface area contributed by atoms with Gasteiger partial charge in [-0.2, -0.15) is 11.8 Å². The van der Waals surface area contributed by atoms with E-state index in [1.165, 1.54) is 6.07 Å². The molecule has 0 amide bonds. The molecule has 0 bridgehead atoms. The number of anilines is 1. The summed E-state index contributed by atoms with van der Waals surface area (Å²) < 4.78 is 19.1. The first-order chi connectivity index (χ1) is 12.2. The molecule has 0 saturated carbocycles. The number of nitrogens with one attached hydrogen (secondary N) is 2. The van der Waals surface area contributed by atoms with Crippen LogP contribution >= 0.6 is 24.0 Å². The fourth-order valence-electron chi connectivity index (χ4n) is 2.19. The Hall–Kier alpha value is -1.79. The minimum absolute atomic E-state index is 0.133. The van der Waals surface area contributed by atoms with Crippen molar-refractivity contribution >= 4 is 34.8 Å². The lowest BCUT2D eigenvalue weighted by Crippen LogP contribution is -2.29. The quantitative estimate of drug-likeness (QED) is 0.482. The SMILES string of the molecule is CCOc1ccccc1NC(=S)NCCCSCc1ccccc1F. The van der Waals surface area contributed by atoms with Gasteiger partial charge in [0.1, 0.15) is 11.6 Å². The van der Waals surface area contributed by atoms with Crippen LogP contribution in [0.3, 0.4) is 0 Å². The molecule has 0 unspecified atom stereocenters. The molecule has 0 saturated heterocycles. The Morgan fingerprint density at radius 2 is 1.92 bits per heavy atom. The van der Waals surface area contributed by atoms with E-state index in [1.54, 1.807) is 17.8 Å². The molecule has 0 heterocycles. The van der Waals surface area contributed by atoms with Gasteiger partial charge in [-0.05, 0) is 55.1 Å². The number of halogens is 1. The molecule has 0 fully saturated rings. The maximum absolute atomic E-state index is 13.5. The molecule has 0 radical (unpaired) electrons. The molecule has 2 N–H and O–H groups in total. The standard InChI is InChI=1S/C19H23FN2OS2/c1-2-23-18-11-6-5-10-17(18)22-19(24)21-12-7-13-25-14-15-8-3-4-9-16(15)20/h3-6,8-11H,2,7,12-14H2,1H3,(H2,21,22,24). The second-order valence-electron chi connectivity index (χ2n) is 5.31. The fourth-order valence-corrected chi connectivity index (χ4v) is 3.35. The predicted octanol–water partition coefficient (Wildman–Crippen LogP) is 4.83. The minimum Gasteiger partial charge on any atom is -0.492 e. The summed E-state index contributed by atoms with van der Waals surface area (Å²) in [7, 11) is 0. The van der Waals surface area contributed by atoms with Crippen LogP contribution in [-0.2, 0) is 5.75 Å². The number of hydrogen-bond acceptors (Lipinski definition) is 3. The molecule has 3 nitrogen and oxygen atoms in total. The van der Waals surface area contributed by atoms with Gasteiger partial charge in [-0.1, -0.05) is 30.3 Å². The van der Waals surface area contributed by atoms with Gasteiger partial charge in [0.2, 0.25) is 0 Å². The second-order valence-corrected chi connectivity index (χ2v) is 6.82. The predicted molar refractivity (Wildman–Crippen MR) is 109 cm³/mol. The number of ether oxygens (including phenoxy) is 1. The summed E-state index contributed by atoms with van der Waals surface area (Å²) in [4.78, 5) is 0. The van der Waals surface area contributed by atoms with Crippen LogP contribution in [-0.4, -0.2) is 24.0 Å². The van der Waals surface area contributed by atoms with Crippen LogP contribution in [0.25, 0.3) is 0 Å². The van der Waals surface area contributed by atoms with E-state index in [2.05, 4.69) is 10.6 Å². The molecule has 2 aromatic carbocycles. The van der Waals surface area contributed by atoms with Gasteiger partial charge in [0.15, 0.2) is 5.11 Å². The zero-order chi connectivity index (χ0) is 17.9. The van der Waals surface area contributed by atoms with Crippen LogP contribution in [0.5, 0.6) is 5.75 Å². The Morgan fingerprint density at radius 1 is 1.16 bits per heavy atom. The highest BCUT2D eigenvalue weighted by Gasteiger charge is 2.04. The van der Waals surface area contributed by atoms with Crippen molar-refractivity contribution in [3.8, 4) is 5.75 Å². The van der Waals surface area contributed by atoms with Crippen LogP contribution in [0.4, 0.5) is 10.1 Å². The summed E-state index contributed by atoms with van der Waals surface area (Å²) >= 11 is 7.04.